The van der Waals surface area contributed by atoms with E-state index in [1.54, 1.807) is 7.11 Å². The van der Waals surface area contributed by atoms with Crippen molar-refractivity contribution in [1.82, 2.24) is 0 Å². The zero-order valence-corrected chi connectivity index (χ0v) is 32.3. The predicted octanol–water partition coefficient (Wildman–Crippen LogP) is 7.54. The SMILES string of the molecule is CCOc1ccc([Si](/C=C/c2ccc(/C=C/[Si](c3ccccc3)(c3ccccc3)c3ccc(OC)cc3)cc2)(c2ccccc2)c2ccccc2)cc1. The van der Waals surface area contributed by atoms with Crippen LogP contribution in [0.5, 0.6) is 11.5 Å². The number of methoxy groups -OCH3 is 1. The smallest absolute Gasteiger partial charge is 0.172 e. The molecule has 0 aliphatic rings. The molecule has 7 aromatic rings. The van der Waals surface area contributed by atoms with Crippen LogP contribution in [0.4, 0.5) is 0 Å². The number of rotatable bonds is 13. The van der Waals surface area contributed by atoms with Gasteiger partial charge in [-0.2, -0.15) is 0 Å². The van der Waals surface area contributed by atoms with Gasteiger partial charge in [0.1, 0.15) is 11.5 Å². The Morgan fingerprint density at radius 1 is 0.377 bits per heavy atom. The molecule has 53 heavy (non-hydrogen) atoms. The highest BCUT2D eigenvalue weighted by molar-refractivity contribution is 7.15. The first-order valence-corrected chi connectivity index (χ1v) is 22.4. The van der Waals surface area contributed by atoms with Gasteiger partial charge in [0.05, 0.1) is 13.7 Å². The first kappa shape index (κ1) is 35.5. The van der Waals surface area contributed by atoms with Gasteiger partial charge in [-0.05, 0) is 73.4 Å². The summed E-state index contributed by atoms with van der Waals surface area (Å²) in [5.74, 6) is 1.76. The van der Waals surface area contributed by atoms with Crippen LogP contribution in [-0.2, 0) is 0 Å². The van der Waals surface area contributed by atoms with Crippen molar-refractivity contribution in [2.24, 2.45) is 0 Å². The van der Waals surface area contributed by atoms with Crippen molar-refractivity contribution in [3.63, 3.8) is 0 Å². The van der Waals surface area contributed by atoms with Crippen LogP contribution in [0, 0.1) is 0 Å². The Labute approximate surface area is 316 Å². The van der Waals surface area contributed by atoms with Gasteiger partial charge in [0, 0.05) is 0 Å². The van der Waals surface area contributed by atoms with E-state index in [0.717, 1.165) is 11.5 Å². The zero-order chi connectivity index (χ0) is 36.4. The Kier molecular flexibility index (Phi) is 11.1. The van der Waals surface area contributed by atoms with E-state index in [9.17, 15) is 0 Å². The fourth-order valence-electron chi connectivity index (χ4n) is 7.38. The second-order valence-corrected chi connectivity index (χ2v) is 20.5. The average Bonchev–Trinajstić information content (AvgIpc) is 3.24. The lowest BCUT2D eigenvalue weighted by atomic mass is 10.1. The second kappa shape index (κ2) is 16.6. The van der Waals surface area contributed by atoms with Gasteiger partial charge in [0.25, 0.3) is 0 Å². The van der Waals surface area contributed by atoms with Crippen molar-refractivity contribution in [2.75, 3.05) is 13.7 Å². The maximum Gasteiger partial charge on any atom is 0.172 e. The molecule has 0 spiro atoms. The van der Waals surface area contributed by atoms with Crippen LogP contribution in [-0.4, -0.2) is 29.9 Å². The van der Waals surface area contributed by atoms with Gasteiger partial charge in [0.2, 0.25) is 0 Å². The molecule has 0 saturated carbocycles. The summed E-state index contributed by atoms with van der Waals surface area (Å²) in [6.45, 7) is 2.67. The van der Waals surface area contributed by atoms with Crippen molar-refractivity contribution in [1.29, 1.82) is 0 Å². The lowest BCUT2D eigenvalue weighted by Crippen LogP contribution is -2.66. The first-order chi connectivity index (χ1) is 26.2. The van der Waals surface area contributed by atoms with E-state index in [4.69, 9.17) is 9.47 Å². The second-order valence-electron chi connectivity index (χ2n) is 13.1. The van der Waals surface area contributed by atoms with Gasteiger partial charge in [0.15, 0.2) is 16.1 Å². The molecule has 0 unspecified atom stereocenters. The van der Waals surface area contributed by atoms with Crippen LogP contribution in [0.3, 0.4) is 0 Å². The number of ether oxygens (including phenoxy) is 2. The molecule has 0 atom stereocenters. The number of hydrogen-bond acceptors (Lipinski definition) is 2. The third kappa shape index (κ3) is 7.52. The molecule has 7 aromatic carbocycles. The quantitative estimate of drug-likeness (QED) is 0.0906. The van der Waals surface area contributed by atoms with Crippen LogP contribution < -0.4 is 40.6 Å². The minimum absolute atomic E-state index is 0.646. The molecule has 260 valence electrons. The molecule has 0 fully saturated rings. The van der Waals surface area contributed by atoms with Crippen LogP contribution in [0.15, 0.2) is 206 Å². The highest BCUT2D eigenvalue weighted by Crippen LogP contribution is 2.19. The molecule has 0 N–H and O–H groups in total. The van der Waals surface area contributed by atoms with Gasteiger partial charge in [-0.1, -0.05) is 193 Å². The van der Waals surface area contributed by atoms with E-state index in [-0.39, 0.29) is 0 Å². The van der Waals surface area contributed by atoms with Crippen LogP contribution in [0.25, 0.3) is 12.2 Å². The van der Waals surface area contributed by atoms with Crippen molar-refractivity contribution in [3.8, 4) is 11.5 Å². The normalized spacial score (nSPS) is 11.9. The Balaban J connectivity index is 1.29. The van der Waals surface area contributed by atoms with Crippen molar-refractivity contribution in [3.05, 3.63) is 217 Å². The third-order valence-electron chi connectivity index (χ3n) is 10.1. The summed E-state index contributed by atoms with van der Waals surface area (Å²) >= 11 is 0. The molecule has 0 radical (unpaired) electrons. The van der Waals surface area contributed by atoms with Crippen molar-refractivity contribution in [2.45, 2.75) is 6.92 Å². The summed E-state index contributed by atoms with van der Waals surface area (Å²) in [7, 11) is -3.43. The largest absolute Gasteiger partial charge is 0.497 e. The van der Waals surface area contributed by atoms with Crippen LogP contribution >= 0.6 is 0 Å². The molecule has 0 saturated heterocycles. The number of hydrogen-bond donors (Lipinski definition) is 0. The van der Waals surface area contributed by atoms with Gasteiger partial charge >= 0.3 is 0 Å². The summed E-state index contributed by atoms with van der Waals surface area (Å²) in [5, 5.41) is 7.98. The summed E-state index contributed by atoms with van der Waals surface area (Å²) < 4.78 is 11.4. The van der Waals surface area contributed by atoms with E-state index in [2.05, 4.69) is 218 Å². The molecule has 7 rings (SSSR count). The minimum atomic E-state index is -2.58. The van der Waals surface area contributed by atoms with Crippen LogP contribution in [0.2, 0.25) is 0 Å². The molecule has 4 heteroatoms. The lowest BCUT2D eigenvalue weighted by molar-refractivity contribution is 0.340. The summed E-state index contributed by atoms with van der Waals surface area (Å²) in [5.41, 5.74) is 7.31. The maximum absolute atomic E-state index is 5.84. The molecule has 0 amide bonds. The van der Waals surface area contributed by atoms with Gasteiger partial charge in [-0.25, -0.2) is 0 Å². The minimum Gasteiger partial charge on any atom is -0.497 e. The van der Waals surface area contributed by atoms with Gasteiger partial charge in [-0.3, -0.25) is 0 Å². The highest BCUT2D eigenvalue weighted by atomic mass is 28.3. The van der Waals surface area contributed by atoms with Crippen molar-refractivity contribution >= 4 is 59.4 Å². The Morgan fingerprint density at radius 3 is 0.981 bits per heavy atom. The molecule has 2 nitrogen and oxygen atoms in total. The highest BCUT2D eigenvalue weighted by Gasteiger charge is 2.38. The Bertz CT molecular complexity index is 2150. The molecule has 0 heterocycles. The first-order valence-electron chi connectivity index (χ1n) is 18.2. The molecular formula is C49H44O2Si2. The summed E-state index contributed by atoms with van der Waals surface area (Å²) in [6.07, 6.45) is 4.64. The Morgan fingerprint density at radius 2 is 0.679 bits per heavy atom. The maximum atomic E-state index is 5.84. The molecule has 0 aliphatic heterocycles. The van der Waals surface area contributed by atoms with E-state index in [1.807, 2.05) is 6.92 Å². The zero-order valence-electron chi connectivity index (χ0n) is 30.3. The fraction of sp³-hybridized carbons (Fsp3) is 0.0612. The van der Waals surface area contributed by atoms with Crippen molar-refractivity contribution < 1.29 is 9.47 Å². The monoisotopic (exact) mass is 720 g/mol. The third-order valence-corrected chi connectivity index (χ3v) is 18.9. The van der Waals surface area contributed by atoms with Gasteiger partial charge < -0.3 is 9.47 Å². The number of benzene rings is 7. The standard InChI is InChI=1S/C49H44O2Si2/c1-3-51-43-30-34-49(35-31-43)53(46-20-12-6-13-21-46,47-22-14-7-15-23-47)39-37-41-26-24-40(25-27-41)36-38-52(44-16-8-4-9-17-44,45-18-10-5-11-19-45)48-32-28-42(50-2)29-33-48/h4-39H,3H2,1-2H3/b38-36+,39-37+. The van der Waals surface area contributed by atoms with Gasteiger partial charge in [-0.15, -0.1) is 0 Å². The molecule has 0 aromatic heterocycles. The topological polar surface area (TPSA) is 18.5 Å². The fourth-order valence-corrected chi connectivity index (χ4v) is 15.7. The van der Waals surface area contributed by atoms with E-state index < -0.39 is 16.1 Å². The lowest BCUT2D eigenvalue weighted by Gasteiger charge is -2.31. The van der Waals surface area contributed by atoms with E-state index in [1.165, 1.54) is 42.2 Å². The van der Waals surface area contributed by atoms with Crippen LogP contribution in [0.1, 0.15) is 18.1 Å². The van der Waals surface area contributed by atoms with E-state index >= 15 is 0 Å². The summed E-state index contributed by atoms with van der Waals surface area (Å²) in [4.78, 5) is 0. The molecule has 0 bridgehead atoms. The molecule has 0 aliphatic carbocycles. The Hall–Kier alpha value is -5.95. The van der Waals surface area contributed by atoms with E-state index in [0.29, 0.717) is 6.61 Å². The summed E-state index contributed by atoms with van der Waals surface area (Å²) in [6, 6.07) is 70.2. The predicted molar refractivity (Wildman–Crippen MR) is 230 cm³/mol. The molecular weight excluding hydrogens is 677 g/mol. The average molecular weight is 721 g/mol.